The van der Waals surface area contributed by atoms with Crippen LogP contribution in [0.1, 0.15) is 11.1 Å². The summed E-state index contributed by atoms with van der Waals surface area (Å²) in [5, 5.41) is 13.3. The van der Waals surface area contributed by atoms with Crippen molar-refractivity contribution in [2.45, 2.75) is 11.5 Å². The predicted molar refractivity (Wildman–Crippen MR) is 114 cm³/mol. The van der Waals surface area contributed by atoms with Gasteiger partial charge >= 0.3 is 0 Å². The van der Waals surface area contributed by atoms with E-state index in [1.807, 2.05) is 36.4 Å². The van der Waals surface area contributed by atoms with Crippen LogP contribution in [0.3, 0.4) is 0 Å². The Hall–Kier alpha value is -1.22. The summed E-state index contributed by atoms with van der Waals surface area (Å²) < 4.78 is 0. The Bertz CT molecular complexity index is 758. The summed E-state index contributed by atoms with van der Waals surface area (Å²) >= 11 is 0. The first-order valence-corrected chi connectivity index (χ1v) is 14.6. The molecule has 0 spiro atoms. The minimum Gasteiger partial charge on any atom is -0.379 e. The van der Waals surface area contributed by atoms with Crippen LogP contribution >= 0.6 is 35.8 Å². The topological polar surface area (TPSA) is 99.7 Å². The third-order valence-electron chi connectivity index (χ3n) is 4.00. The van der Waals surface area contributed by atoms with Crippen LogP contribution in [0.25, 0.3) is 0 Å². The lowest BCUT2D eigenvalue weighted by molar-refractivity contribution is 1.33. The van der Waals surface area contributed by atoms with Crippen molar-refractivity contribution in [3.8, 4) is 0 Å². The maximum absolute atomic E-state index is 8.56. The zero-order chi connectivity index (χ0) is 17.3. The van der Waals surface area contributed by atoms with Crippen molar-refractivity contribution < 1.29 is 0 Å². The summed E-state index contributed by atoms with van der Waals surface area (Å²) in [7, 11) is 4.64. The van der Waals surface area contributed by atoms with Crippen LogP contribution in [-0.4, -0.2) is 10.3 Å². The Kier molecular flexibility index (Phi) is 4.15. The quantitative estimate of drug-likeness (QED) is 0.254. The molecule has 1 heterocycles. The molecule has 0 atom stereocenters. The number of benzene rings is 2. The van der Waals surface area contributed by atoms with Gasteiger partial charge in [0.25, 0.3) is 0 Å². The fourth-order valence-electron chi connectivity index (χ4n) is 2.78. The van der Waals surface area contributed by atoms with E-state index in [9.17, 15) is 0 Å². The predicted octanol–water partition coefficient (Wildman–Crippen LogP) is 4.92. The van der Waals surface area contributed by atoms with Gasteiger partial charge in [-0.15, -0.1) is 0 Å². The molecule has 0 aliphatic carbocycles. The molecule has 1 saturated heterocycles. The highest BCUT2D eigenvalue weighted by Crippen LogP contribution is 3.29. The Morgan fingerprint density at radius 1 is 0.833 bits per heavy atom. The number of amidine groups is 2. The lowest BCUT2D eigenvalue weighted by atomic mass is 10.2. The second-order valence-electron chi connectivity index (χ2n) is 5.86. The smallest absolute Gasteiger partial charge is 0.160 e. The SMILES string of the molecule is N=C(N)SS1(Cc2ccccc2)(Cc2ccccc2)(C(=N)N)SS1. The van der Waals surface area contributed by atoms with Crippen LogP contribution in [-0.2, 0) is 11.5 Å². The van der Waals surface area contributed by atoms with Gasteiger partial charge in [-0.1, -0.05) is 66.1 Å². The maximum Gasteiger partial charge on any atom is 0.160 e. The van der Waals surface area contributed by atoms with E-state index in [0.29, 0.717) is 11.5 Å². The van der Waals surface area contributed by atoms with Crippen molar-refractivity contribution in [1.82, 2.24) is 0 Å². The Balaban J connectivity index is 2.16. The van der Waals surface area contributed by atoms with E-state index in [1.165, 1.54) is 10.8 Å². The highest BCUT2D eigenvalue weighted by atomic mass is 34.3. The van der Waals surface area contributed by atoms with E-state index < -0.39 is 5.39 Å². The van der Waals surface area contributed by atoms with Crippen molar-refractivity contribution in [3.63, 3.8) is 0 Å². The van der Waals surface area contributed by atoms with Gasteiger partial charge in [0.1, 0.15) is 5.17 Å². The molecule has 3 rings (SSSR count). The molecule has 0 radical (unpaired) electrons. The minimum atomic E-state index is -3.36. The molecule has 0 bridgehead atoms. The van der Waals surface area contributed by atoms with Crippen LogP contribution < -0.4 is 11.5 Å². The standard InChI is InChI=1S/C16H20N4S4/c17-15(18)21-24(16(19)20,22-23-24,11-13-7-3-1-4-8-13)12-14-9-5-2-6-10-14/h1-10H,11-12H2,(H3,17,18)(H3,19,20). The third kappa shape index (κ3) is 2.71. The first-order chi connectivity index (χ1) is 11.3. The van der Waals surface area contributed by atoms with Crippen LogP contribution in [0.15, 0.2) is 60.7 Å². The molecule has 2 aromatic rings. The maximum atomic E-state index is 8.56. The van der Waals surface area contributed by atoms with Crippen molar-refractivity contribution >= 4 is 46.2 Å². The average Bonchev–Trinajstić information content (AvgIpc) is 3.20. The molecule has 1 fully saturated rings. The van der Waals surface area contributed by atoms with E-state index in [2.05, 4.69) is 24.3 Å². The Labute approximate surface area is 151 Å². The number of hydrogen-bond acceptors (Lipinski definition) is 5. The van der Waals surface area contributed by atoms with Gasteiger partial charge in [0, 0.05) is 11.5 Å². The van der Waals surface area contributed by atoms with E-state index in [1.54, 1.807) is 19.7 Å². The van der Waals surface area contributed by atoms with Gasteiger partial charge in [-0.2, -0.15) is 0 Å². The van der Waals surface area contributed by atoms with E-state index in [-0.39, 0.29) is 10.3 Å². The summed E-state index contributed by atoms with van der Waals surface area (Å²) in [6, 6.07) is 20.2. The van der Waals surface area contributed by atoms with Crippen LogP contribution in [0.5, 0.6) is 0 Å². The van der Waals surface area contributed by atoms with E-state index in [0.717, 1.165) is 11.1 Å². The van der Waals surface area contributed by atoms with Crippen molar-refractivity contribution in [2.75, 3.05) is 0 Å². The van der Waals surface area contributed by atoms with Crippen molar-refractivity contribution in [1.29, 1.82) is 10.8 Å². The summed E-state index contributed by atoms with van der Waals surface area (Å²) in [5.41, 5.74) is 14.3. The lowest BCUT2D eigenvalue weighted by Crippen LogP contribution is -2.35. The third-order valence-corrected chi connectivity index (χ3v) is 27.7. The van der Waals surface area contributed by atoms with Gasteiger partial charge in [0.2, 0.25) is 0 Å². The molecular formula is C16H20N4S4. The second-order valence-corrected chi connectivity index (χ2v) is 25.5. The van der Waals surface area contributed by atoms with Gasteiger partial charge in [0.15, 0.2) is 5.17 Å². The largest absolute Gasteiger partial charge is 0.379 e. The summed E-state index contributed by atoms with van der Waals surface area (Å²) in [4.78, 5) is 0. The summed E-state index contributed by atoms with van der Waals surface area (Å²) in [6.45, 7) is 0. The first-order valence-electron chi connectivity index (χ1n) is 7.26. The van der Waals surface area contributed by atoms with Gasteiger partial charge in [-0.3, -0.25) is 10.8 Å². The Morgan fingerprint density at radius 3 is 1.54 bits per heavy atom. The molecular weight excluding hydrogens is 376 g/mol. The van der Waals surface area contributed by atoms with E-state index in [4.69, 9.17) is 22.3 Å². The number of nitrogens with two attached hydrogens (primary N) is 2. The fraction of sp³-hybridized carbons (Fsp3) is 0.125. The molecule has 4 nitrogen and oxygen atoms in total. The monoisotopic (exact) mass is 396 g/mol. The molecule has 24 heavy (non-hydrogen) atoms. The molecule has 0 saturated carbocycles. The molecule has 1 aliphatic heterocycles. The molecule has 0 aromatic heterocycles. The highest BCUT2D eigenvalue weighted by molar-refractivity contribution is 9.98. The summed E-state index contributed by atoms with van der Waals surface area (Å²) in [5.74, 6) is 1.29. The molecule has 8 heteroatoms. The number of rotatable bonds is 4. The lowest BCUT2D eigenvalue weighted by Gasteiger charge is -2.58. The zero-order valence-electron chi connectivity index (χ0n) is 13.0. The van der Waals surface area contributed by atoms with Gasteiger partial charge < -0.3 is 11.5 Å². The summed E-state index contributed by atoms with van der Waals surface area (Å²) in [6.07, 6.45) is 0. The molecule has 0 unspecified atom stereocenters. The normalized spacial score (nSPS) is 22.2. The Morgan fingerprint density at radius 2 is 1.25 bits per heavy atom. The molecule has 128 valence electrons. The fourth-order valence-corrected chi connectivity index (χ4v) is 25.4. The average molecular weight is 397 g/mol. The highest BCUT2D eigenvalue weighted by Gasteiger charge is 2.78. The van der Waals surface area contributed by atoms with Crippen LogP contribution in [0.2, 0.25) is 0 Å². The second kappa shape index (κ2) is 5.66. The van der Waals surface area contributed by atoms with Crippen LogP contribution in [0, 0.1) is 10.8 Å². The van der Waals surface area contributed by atoms with Gasteiger partial charge in [0.05, 0.1) is 0 Å². The zero-order valence-corrected chi connectivity index (χ0v) is 16.2. The van der Waals surface area contributed by atoms with Crippen molar-refractivity contribution in [3.05, 3.63) is 71.8 Å². The molecule has 2 aromatic carbocycles. The molecule has 6 N–H and O–H groups in total. The minimum absolute atomic E-state index is 0.0243. The van der Waals surface area contributed by atoms with Crippen molar-refractivity contribution in [2.24, 2.45) is 11.5 Å². The molecule has 0 amide bonds. The molecule has 1 aliphatic rings. The van der Waals surface area contributed by atoms with Gasteiger partial charge in [-0.05, 0) is 41.6 Å². The van der Waals surface area contributed by atoms with Crippen LogP contribution in [0.4, 0.5) is 0 Å². The van der Waals surface area contributed by atoms with Gasteiger partial charge in [-0.25, -0.2) is 0 Å². The van der Waals surface area contributed by atoms with E-state index >= 15 is 0 Å². The number of nitrogens with one attached hydrogen (secondary N) is 2. The first kappa shape index (κ1) is 17.6. The number of hydrogen-bond donors (Lipinski definition) is 4.